The maximum atomic E-state index is 11.9. The molecule has 0 radical (unpaired) electrons. The predicted octanol–water partition coefficient (Wildman–Crippen LogP) is 0.566. The fourth-order valence-electron chi connectivity index (χ4n) is 2.04. The molecule has 0 atom stereocenters. The highest BCUT2D eigenvalue weighted by atomic mass is 16.2. The molecule has 0 spiro atoms. The van der Waals surface area contributed by atoms with E-state index in [1.165, 1.54) is 15.4 Å². The minimum Gasteiger partial charge on any atom is -0.326 e. The van der Waals surface area contributed by atoms with Crippen LogP contribution in [0.3, 0.4) is 0 Å². The molecule has 0 unspecified atom stereocenters. The molecule has 3 heterocycles. The molecule has 1 saturated heterocycles. The first-order valence-corrected chi connectivity index (χ1v) is 5.68. The molecule has 1 fully saturated rings. The van der Waals surface area contributed by atoms with Gasteiger partial charge in [0, 0.05) is 32.4 Å². The van der Waals surface area contributed by atoms with Crippen molar-refractivity contribution in [3.8, 4) is 0 Å². The third-order valence-electron chi connectivity index (χ3n) is 3.05. The average molecular weight is 244 g/mol. The Kier molecular flexibility index (Phi) is 2.29. The van der Waals surface area contributed by atoms with Crippen LogP contribution in [0.4, 0.5) is 10.6 Å². The van der Waals surface area contributed by atoms with Crippen LogP contribution in [0.5, 0.6) is 0 Å². The molecule has 0 saturated carbocycles. The van der Waals surface area contributed by atoms with Gasteiger partial charge in [0.25, 0.3) is 5.56 Å². The molecule has 2 aromatic heterocycles. The number of aromatic nitrogens is 2. The standard InChI is InChI=1S/C12H12N4O2/c1-14-6-7-16(12(14)18)10-8-11(17)15-5-3-2-4-9(15)13-10/h2-5,8H,6-7H2,1H3. The van der Waals surface area contributed by atoms with Gasteiger partial charge < -0.3 is 4.90 Å². The van der Waals surface area contributed by atoms with Crippen LogP contribution < -0.4 is 10.5 Å². The van der Waals surface area contributed by atoms with Crippen molar-refractivity contribution in [2.45, 2.75) is 0 Å². The molecule has 1 aliphatic heterocycles. The van der Waals surface area contributed by atoms with Gasteiger partial charge >= 0.3 is 6.03 Å². The molecule has 6 heteroatoms. The first-order chi connectivity index (χ1) is 8.66. The Bertz CT molecular complexity index is 679. The van der Waals surface area contributed by atoms with Crippen LogP contribution >= 0.6 is 0 Å². The van der Waals surface area contributed by atoms with Crippen LogP contribution in [0.2, 0.25) is 0 Å². The molecule has 2 aromatic rings. The fraction of sp³-hybridized carbons (Fsp3) is 0.250. The third kappa shape index (κ3) is 1.54. The van der Waals surface area contributed by atoms with Crippen LogP contribution in [-0.4, -0.2) is 40.5 Å². The Balaban J connectivity index is 2.14. The van der Waals surface area contributed by atoms with Crippen molar-refractivity contribution in [2.24, 2.45) is 0 Å². The summed E-state index contributed by atoms with van der Waals surface area (Å²) in [5, 5.41) is 0. The van der Waals surface area contributed by atoms with Gasteiger partial charge in [-0.1, -0.05) is 6.07 Å². The summed E-state index contributed by atoms with van der Waals surface area (Å²) in [6, 6.07) is 6.59. The molecule has 6 nitrogen and oxygen atoms in total. The number of hydrogen-bond donors (Lipinski definition) is 0. The van der Waals surface area contributed by atoms with E-state index in [1.807, 2.05) is 6.07 Å². The molecule has 1 aliphatic rings. The van der Waals surface area contributed by atoms with Crippen molar-refractivity contribution in [2.75, 3.05) is 25.0 Å². The van der Waals surface area contributed by atoms with Crippen LogP contribution in [0.1, 0.15) is 0 Å². The lowest BCUT2D eigenvalue weighted by atomic mass is 10.4. The summed E-state index contributed by atoms with van der Waals surface area (Å²) in [6.45, 7) is 1.21. The van der Waals surface area contributed by atoms with Crippen molar-refractivity contribution in [1.82, 2.24) is 14.3 Å². The van der Waals surface area contributed by atoms with Gasteiger partial charge in [0.05, 0.1) is 0 Å². The van der Waals surface area contributed by atoms with Gasteiger partial charge in [0.1, 0.15) is 11.5 Å². The maximum absolute atomic E-state index is 11.9. The van der Waals surface area contributed by atoms with Crippen LogP contribution in [0.15, 0.2) is 35.3 Å². The number of carbonyl (C=O) groups excluding carboxylic acids is 1. The van der Waals surface area contributed by atoms with E-state index in [0.29, 0.717) is 24.6 Å². The zero-order valence-electron chi connectivity index (χ0n) is 9.91. The summed E-state index contributed by atoms with van der Waals surface area (Å²) in [7, 11) is 1.73. The Hall–Kier alpha value is -2.37. The first-order valence-electron chi connectivity index (χ1n) is 5.68. The smallest absolute Gasteiger partial charge is 0.325 e. The lowest BCUT2D eigenvalue weighted by molar-refractivity contribution is 0.229. The predicted molar refractivity (Wildman–Crippen MR) is 66.8 cm³/mol. The number of rotatable bonds is 1. The highest BCUT2D eigenvalue weighted by molar-refractivity contribution is 5.93. The average Bonchev–Trinajstić information content (AvgIpc) is 2.70. The second kappa shape index (κ2) is 3.83. The third-order valence-corrected chi connectivity index (χ3v) is 3.05. The van der Waals surface area contributed by atoms with Gasteiger partial charge in [0.15, 0.2) is 0 Å². The number of nitrogens with zero attached hydrogens (tertiary/aromatic N) is 4. The highest BCUT2D eigenvalue weighted by Gasteiger charge is 2.27. The van der Waals surface area contributed by atoms with Crippen LogP contribution in [0, 0.1) is 0 Å². The van der Waals surface area contributed by atoms with Crippen LogP contribution in [0.25, 0.3) is 5.65 Å². The zero-order chi connectivity index (χ0) is 12.7. The van der Waals surface area contributed by atoms with E-state index in [0.717, 1.165) is 0 Å². The molecular weight excluding hydrogens is 232 g/mol. The van der Waals surface area contributed by atoms with E-state index < -0.39 is 0 Å². The summed E-state index contributed by atoms with van der Waals surface area (Å²) >= 11 is 0. The molecule has 0 aromatic carbocycles. The molecule has 0 N–H and O–H groups in total. The number of hydrogen-bond acceptors (Lipinski definition) is 3. The number of likely N-dealkylation sites (N-methyl/N-ethyl adjacent to an activating group) is 1. The summed E-state index contributed by atoms with van der Waals surface area (Å²) in [5.74, 6) is 0.417. The van der Waals surface area contributed by atoms with E-state index in [9.17, 15) is 9.59 Å². The lowest BCUT2D eigenvalue weighted by Gasteiger charge is -2.15. The zero-order valence-corrected chi connectivity index (χ0v) is 9.91. The molecular formula is C12H12N4O2. The monoisotopic (exact) mass is 244 g/mol. The number of amides is 2. The number of pyridine rings is 1. The van der Waals surface area contributed by atoms with Gasteiger partial charge in [-0.2, -0.15) is 0 Å². The second-order valence-corrected chi connectivity index (χ2v) is 4.24. The fourth-order valence-corrected chi connectivity index (χ4v) is 2.04. The van der Waals surface area contributed by atoms with Gasteiger partial charge in [0.2, 0.25) is 0 Å². The highest BCUT2D eigenvalue weighted by Crippen LogP contribution is 2.15. The SMILES string of the molecule is CN1CCN(c2cc(=O)n3ccccc3n2)C1=O. The Labute approximate surface area is 103 Å². The van der Waals surface area contributed by atoms with Crippen molar-refractivity contribution >= 4 is 17.5 Å². The summed E-state index contributed by atoms with van der Waals surface area (Å²) in [4.78, 5) is 31.2. The van der Waals surface area contributed by atoms with Crippen LogP contribution in [-0.2, 0) is 0 Å². The number of anilines is 1. The Morgan fingerprint density at radius 1 is 1.22 bits per heavy atom. The largest absolute Gasteiger partial charge is 0.326 e. The molecule has 92 valence electrons. The normalized spacial score (nSPS) is 15.7. The van der Waals surface area contributed by atoms with E-state index in [1.54, 1.807) is 30.3 Å². The molecule has 3 rings (SSSR count). The van der Waals surface area contributed by atoms with Crippen molar-refractivity contribution < 1.29 is 4.79 Å². The Morgan fingerprint density at radius 2 is 2.06 bits per heavy atom. The van der Waals surface area contributed by atoms with E-state index >= 15 is 0 Å². The molecule has 0 bridgehead atoms. The second-order valence-electron chi connectivity index (χ2n) is 4.24. The quantitative estimate of drug-likeness (QED) is 0.736. The summed E-state index contributed by atoms with van der Waals surface area (Å²) in [5.41, 5.74) is 0.361. The molecule has 2 amide bonds. The Morgan fingerprint density at radius 3 is 2.78 bits per heavy atom. The lowest BCUT2D eigenvalue weighted by Crippen LogP contribution is -2.31. The summed E-state index contributed by atoms with van der Waals surface area (Å²) in [6.07, 6.45) is 1.66. The van der Waals surface area contributed by atoms with E-state index in [-0.39, 0.29) is 11.6 Å². The minimum absolute atomic E-state index is 0.123. The van der Waals surface area contributed by atoms with Crippen molar-refractivity contribution in [3.05, 3.63) is 40.8 Å². The molecule has 18 heavy (non-hydrogen) atoms. The maximum Gasteiger partial charge on any atom is 0.325 e. The van der Waals surface area contributed by atoms with Gasteiger partial charge in [-0.15, -0.1) is 0 Å². The summed E-state index contributed by atoms with van der Waals surface area (Å²) < 4.78 is 1.45. The van der Waals surface area contributed by atoms with E-state index in [4.69, 9.17) is 0 Å². The van der Waals surface area contributed by atoms with Crippen molar-refractivity contribution in [1.29, 1.82) is 0 Å². The van der Waals surface area contributed by atoms with Crippen molar-refractivity contribution in [3.63, 3.8) is 0 Å². The number of carbonyl (C=O) groups is 1. The van der Waals surface area contributed by atoms with E-state index in [2.05, 4.69) is 4.98 Å². The minimum atomic E-state index is -0.182. The number of urea groups is 1. The van der Waals surface area contributed by atoms with Gasteiger partial charge in [-0.25, -0.2) is 9.78 Å². The van der Waals surface area contributed by atoms with Gasteiger partial charge in [-0.3, -0.25) is 14.1 Å². The first kappa shape index (κ1) is 10.8. The number of fused-ring (bicyclic) bond motifs is 1. The van der Waals surface area contributed by atoms with Gasteiger partial charge in [-0.05, 0) is 12.1 Å². The molecule has 0 aliphatic carbocycles. The topological polar surface area (TPSA) is 57.9 Å².